The molecule has 0 spiro atoms. The number of nitrogens with two attached hydrogens (primary N) is 1. The highest BCUT2D eigenvalue weighted by atomic mass is 16.5. The first kappa shape index (κ1) is 16.3. The molecule has 1 aromatic rings. The van der Waals surface area contributed by atoms with Gasteiger partial charge in [0.2, 0.25) is 0 Å². The van der Waals surface area contributed by atoms with Gasteiger partial charge in [0.25, 0.3) is 5.91 Å². The van der Waals surface area contributed by atoms with Gasteiger partial charge >= 0.3 is 0 Å². The van der Waals surface area contributed by atoms with Crippen molar-refractivity contribution in [3.05, 3.63) is 23.8 Å². The number of amides is 1. The predicted molar refractivity (Wildman–Crippen MR) is 79.0 cm³/mol. The van der Waals surface area contributed by atoms with Gasteiger partial charge in [0, 0.05) is 19.1 Å². The number of carbonyl (C=O) groups is 1. The minimum Gasteiger partial charge on any atom is -0.493 e. The molecule has 0 heterocycles. The van der Waals surface area contributed by atoms with Crippen LogP contribution in [0, 0.1) is 0 Å². The Kier molecular flexibility index (Phi) is 6.31. The Morgan fingerprint density at radius 2 is 1.95 bits per heavy atom. The van der Waals surface area contributed by atoms with Crippen LogP contribution in [0.15, 0.2) is 18.2 Å². The molecule has 0 radical (unpaired) electrons. The van der Waals surface area contributed by atoms with Crippen LogP contribution in [0.1, 0.15) is 32.4 Å². The highest BCUT2D eigenvalue weighted by Crippen LogP contribution is 2.29. The third-order valence-electron chi connectivity index (χ3n) is 3.18. The topological polar surface area (TPSA) is 64.8 Å². The third-order valence-corrected chi connectivity index (χ3v) is 3.18. The molecule has 0 fully saturated rings. The smallest absolute Gasteiger partial charge is 0.260 e. The van der Waals surface area contributed by atoms with E-state index in [9.17, 15) is 4.79 Å². The van der Waals surface area contributed by atoms with Crippen LogP contribution in [-0.2, 0) is 4.79 Å². The van der Waals surface area contributed by atoms with Crippen LogP contribution in [0.5, 0.6) is 11.5 Å². The fourth-order valence-electron chi connectivity index (χ4n) is 1.89. The number of benzene rings is 1. The van der Waals surface area contributed by atoms with Gasteiger partial charge in [-0.2, -0.15) is 0 Å². The number of nitrogens with zero attached hydrogens (tertiary/aromatic N) is 1. The Hall–Kier alpha value is -1.75. The SMILES string of the molecule is CCN(CC)C(=O)COc1ccc([C@@H](C)N)cc1OC. The van der Waals surface area contributed by atoms with E-state index in [1.54, 1.807) is 18.1 Å². The van der Waals surface area contributed by atoms with Gasteiger partial charge in [0.15, 0.2) is 18.1 Å². The molecule has 0 bridgehead atoms. The van der Waals surface area contributed by atoms with Crippen molar-refractivity contribution in [3.8, 4) is 11.5 Å². The van der Waals surface area contributed by atoms with E-state index in [-0.39, 0.29) is 18.6 Å². The van der Waals surface area contributed by atoms with Gasteiger partial charge < -0.3 is 20.1 Å². The van der Waals surface area contributed by atoms with E-state index in [2.05, 4.69) is 0 Å². The summed E-state index contributed by atoms with van der Waals surface area (Å²) in [7, 11) is 1.57. The summed E-state index contributed by atoms with van der Waals surface area (Å²) in [5.74, 6) is 1.11. The molecule has 0 saturated carbocycles. The van der Waals surface area contributed by atoms with Crippen molar-refractivity contribution in [3.63, 3.8) is 0 Å². The normalized spacial score (nSPS) is 11.8. The lowest BCUT2D eigenvalue weighted by Gasteiger charge is -2.19. The predicted octanol–water partition coefficient (Wildman–Crippen LogP) is 1.96. The third kappa shape index (κ3) is 4.13. The van der Waals surface area contributed by atoms with E-state index in [0.29, 0.717) is 24.6 Å². The van der Waals surface area contributed by atoms with Crippen LogP contribution < -0.4 is 15.2 Å². The van der Waals surface area contributed by atoms with Crippen LogP contribution in [0.2, 0.25) is 0 Å². The molecule has 1 amide bonds. The lowest BCUT2D eigenvalue weighted by molar-refractivity contribution is -0.132. The van der Waals surface area contributed by atoms with Gasteiger partial charge in [0.05, 0.1) is 7.11 Å². The van der Waals surface area contributed by atoms with E-state index in [1.807, 2.05) is 32.9 Å². The molecular weight excluding hydrogens is 256 g/mol. The maximum atomic E-state index is 11.9. The molecule has 1 atom stereocenters. The number of hydrogen-bond acceptors (Lipinski definition) is 4. The van der Waals surface area contributed by atoms with Crippen LogP contribution in [-0.4, -0.2) is 37.6 Å². The number of rotatable bonds is 7. The molecule has 2 N–H and O–H groups in total. The standard InChI is InChI=1S/C15H24N2O3/c1-5-17(6-2)15(18)10-20-13-8-7-12(11(3)16)9-14(13)19-4/h7-9,11H,5-6,10,16H2,1-4H3/t11-/m1/s1. The fourth-order valence-corrected chi connectivity index (χ4v) is 1.89. The maximum absolute atomic E-state index is 11.9. The second-order valence-electron chi connectivity index (χ2n) is 4.55. The highest BCUT2D eigenvalue weighted by Gasteiger charge is 2.13. The summed E-state index contributed by atoms with van der Waals surface area (Å²) in [5, 5.41) is 0. The Labute approximate surface area is 120 Å². The van der Waals surface area contributed by atoms with Gasteiger partial charge in [-0.15, -0.1) is 0 Å². The lowest BCUT2D eigenvalue weighted by Crippen LogP contribution is -2.34. The van der Waals surface area contributed by atoms with Crippen molar-refractivity contribution in [2.45, 2.75) is 26.8 Å². The largest absolute Gasteiger partial charge is 0.493 e. The van der Waals surface area contributed by atoms with Crippen molar-refractivity contribution in [2.24, 2.45) is 5.73 Å². The monoisotopic (exact) mass is 280 g/mol. The summed E-state index contributed by atoms with van der Waals surface area (Å²) in [4.78, 5) is 13.6. The average Bonchev–Trinajstić information content (AvgIpc) is 2.45. The van der Waals surface area contributed by atoms with Crippen molar-refractivity contribution >= 4 is 5.91 Å². The maximum Gasteiger partial charge on any atom is 0.260 e. The molecule has 0 aliphatic carbocycles. The molecule has 0 aliphatic rings. The van der Waals surface area contributed by atoms with Crippen molar-refractivity contribution in [1.82, 2.24) is 4.90 Å². The second kappa shape index (κ2) is 7.75. The van der Waals surface area contributed by atoms with Gasteiger partial charge in [-0.25, -0.2) is 0 Å². The number of methoxy groups -OCH3 is 1. The summed E-state index contributed by atoms with van der Waals surface area (Å²) < 4.78 is 10.8. The first-order valence-corrected chi connectivity index (χ1v) is 6.87. The minimum atomic E-state index is -0.0738. The second-order valence-corrected chi connectivity index (χ2v) is 4.55. The molecule has 1 rings (SSSR count). The van der Waals surface area contributed by atoms with E-state index in [4.69, 9.17) is 15.2 Å². The Bertz CT molecular complexity index is 443. The van der Waals surface area contributed by atoms with Crippen molar-refractivity contribution < 1.29 is 14.3 Å². The number of likely N-dealkylation sites (N-methyl/N-ethyl adjacent to an activating group) is 1. The van der Waals surface area contributed by atoms with Gasteiger partial charge in [-0.05, 0) is 38.5 Å². The zero-order valence-corrected chi connectivity index (χ0v) is 12.7. The zero-order valence-electron chi connectivity index (χ0n) is 12.7. The summed E-state index contributed by atoms with van der Waals surface area (Å²) in [6.07, 6.45) is 0. The molecule has 5 nitrogen and oxygen atoms in total. The van der Waals surface area contributed by atoms with Gasteiger partial charge in [0.1, 0.15) is 0 Å². The van der Waals surface area contributed by atoms with Crippen LogP contribution >= 0.6 is 0 Å². The molecule has 0 saturated heterocycles. The van der Waals surface area contributed by atoms with Crippen LogP contribution in [0.25, 0.3) is 0 Å². The average molecular weight is 280 g/mol. The first-order valence-electron chi connectivity index (χ1n) is 6.87. The quantitative estimate of drug-likeness (QED) is 0.829. The molecular formula is C15H24N2O3. The zero-order chi connectivity index (χ0) is 15.1. The van der Waals surface area contributed by atoms with E-state index in [1.165, 1.54) is 0 Å². The summed E-state index contributed by atoms with van der Waals surface area (Å²) in [6.45, 7) is 7.16. The Balaban J connectivity index is 2.75. The molecule has 112 valence electrons. The number of ether oxygens (including phenoxy) is 2. The lowest BCUT2D eigenvalue weighted by atomic mass is 10.1. The molecule has 0 aliphatic heterocycles. The number of carbonyl (C=O) groups excluding carboxylic acids is 1. The highest BCUT2D eigenvalue weighted by molar-refractivity contribution is 5.77. The van der Waals surface area contributed by atoms with Crippen LogP contribution in [0.4, 0.5) is 0 Å². The van der Waals surface area contributed by atoms with Crippen LogP contribution in [0.3, 0.4) is 0 Å². The van der Waals surface area contributed by atoms with E-state index in [0.717, 1.165) is 5.56 Å². The van der Waals surface area contributed by atoms with E-state index < -0.39 is 0 Å². The first-order chi connectivity index (χ1) is 9.53. The molecule has 1 aromatic carbocycles. The summed E-state index contributed by atoms with van der Waals surface area (Å²) in [5.41, 5.74) is 6.79. The molecule has 5 heteroatoms. The Morgan fingerprint density at radius 1 is 1.30 bits per heavy atom. The van der Waals surface area contributed by atoms with Crippen molar-refractivity contribution in [1.29, 1.82) is 0 Å². The van der Waals surface area contributed by atoms with Gasteiger partial charge in [-0.1, -0.05) is 6.07 Å². The summed E-state index contributed by atoms with van der Waals surface area (Å²) >= 11 is 0. The molecule has 0 aromatic heterocycles. The van der Waals surface area contributed by atoms with Gasteiger partial charge in [-0.3, -0.25) is 4.79 Å². The number of hydrogen-bond donors (Lipinski definition) is 1. The molecule has 20 heavy (non-hydrogen) atoms. The van der Waals surface area contributed by atoms with Crippen molar-refractivity contribution in [2.75, 3.05) is 26.8 Å². The summed E-state index contributed by atoms with van der Waals surface area (Å²) in [6, 6.07) is 5.43. The Morgan fingerprint density at radius 3 is 2.45 bits per heavy atom. The molecule has 0 unspecified atom stereocenters. The van der Waals surface area contributed by atoms with E-state index >= 15 is 0 Å². The minimum absolute atomic E-state index is 0.00949. The fraction of sp³-hybridized carbons (Fsp3) is 0.533.